The SMILES string of the molecule is Cc1c(-c2cc(Oc3ccccc3)ccc2O)cc(C=O)cc1-c1cc(Oc2ccccc2)ccc1O. The lowest BCUT2D eigenvalue weighted by molar-refractivity contribution is 0.112. The third-order valence-electron chi connectivity index (χ3n) is 6.04. The molecule has 0 fully saturated rings. The maximum Gasteiger partial charge on any atom is 0.150 e. The molecule has 0 spiro atoms. The topological polar surface area (TPSA) is 76.0 Å². The highest BCUT2D eigenvalue weighted by molar-refractivity contribution is 5.90. The molecular weight excluding hydrogens is 464 g/mol. The Balaban J connectivity index is 1.59. The maximum absolute atomic E-state index is 11.9. The van der Waals surface area contributed by atoms with Crippen LogP contribution in [0.15, 0.2) is 109 Å². The summed E-state index contributed by atoms with van der Waals surface area (Å²) in [6.45, 7) is 1.88. The van der Waals surface area contributed by atoms with Crippen molar-refractivity contribution in [3.63, 3.8) is 0 Å². The third kappa shape index (κ3) is 5.16. The number of hydrogen-bond donors (Lipinski definition) is 2. The molecule has 5 aromatic rings. The van der Waals surface area contributed by atoms with Crippen LogP contribution in [0.25, 0.3) is 22.3 Å². The van der Waals surface area contributed by atoms with E-state index in [1.807, 2.05) is 67.6 Å². The zero-order valence-corrected chi connectivity index (χ0v) is 20.1. The fraction of sp³-hybridized carbons (Fsp3) is 0.0312. The van der Waals surface area contributed by atoms with Crippen LogP contribution in [0.5, 0.6) is 34.5 Å². The number of aromatic hydroxyl groups is 2. The number of rotatable bonds is 7. The summed E-state index contributed by atoms with van der Waals surface area (Å²) in [5, 5.41) is 21.5. The van der Waals surface area contributed by atoms with Crippen molar-refractivity contribution in [2.45, 2.75) is 6.92 Å². The number of para-hydroxylation sites is 2. The monoisotopic (exact) mass is 488 g/mol. The van der Waals surface area contributed by atoms with E-state index in [4.69, 9.17) is 9.47 Å². The van der Waals surface area contributed by atoms with E-state index in [-0.39, 0.29) is 11.5 Å². The van der Waals surface area contributed by atoms with Crippen molar-refractivity contribution in [1.82, 2.24) is 0 Å². The van der Waals surface area contributed by atoms with E-state index in [0.29, 0.717) is 50.8 Å². The minimum Gasteiger partial charge on any atom is -0.507 e. The van der Waals surface area contributed by atoms with Crippen molar-refractivity contribution >= 4 is 6.29 Å². The van der Waals surface area contributed by atoms with Crippen molar-refractivity contribution < 1.29 is 24.5 Å². The zero-order chi connectivity index (χ0) is 25.8. The molecule has 0 bridgehead atoms. The zero-order valence-electron chi connectivity index (χ0n) is 20.1. The molecule has 0 radical (unpaired) electrons. The fourth-order valence-electron chi connectivity index (χ4n) is 4.20. The van der Waals surface area contributed by atoms with Crippen LogP contribution in [0.1, 0.15) is 15.9 Å². The van der Waals surface area contributed by atoms with Crippen LogP contribution in [0.2, 0.25) is 0 Å². The standard InChI is InChI=1S/C32H24O5/c1-21-27(29-18-25(12-14-31(29)34)36-23-8-4-2-5-9-23)16-22(20-33)17-28(21)30-19-26(13-15-32(30)35)37-24-10-6-3-7-11-24/h2-20,34-35H,1H3. The molecular formula is C32H24O5. The maximum atomic E-state index is 11.9. The van der Waals surface area contributed by atoms with E-state index in [0.717, 1.165) is 11.8 Å². The average Bonchev–Trinajstić information content (AvgIpc) is 2.92. The fourth-order valence-corrected chi connectivity index (χ4v) is 4.20. The number of aldehydes is 1. The third-order valence-corrected chi connectivity index (χ3v) is 6.04. The van der Waals surface area contributed by atoms with Gasteiger partial charge in [0, 0.05) is 16.7 Å². The lowest BCUT2D eigenvalue weighted by atomic mass is 9.89. The Bertz CT molecular complexity index is 1450. The second-order valence-corrected chi connectivity index (χ2v) is 8.55. The van der Waals surface area contributed by atoms with Gasteiger partial charge in [-0.1, -0.05) is 36.4 Å². The van der Waals surface area contributed by atoms with Crippen LogP contribution < -0.4 is 9.47 Å². The summed E-state index contributed by atoms with van der Waals surface area (Å²) in [5.74, 6) is 2.50. The van der Waals surface area contributed by atoms with Crippen LogP contribution >= 0.6 is 0 Å². The highest BCUT2D eigenvalue weighted by Gasteiger charge is 2.17. The average molecular weight is 489 g/mol. The van der Waals surface area contributed by atoms with Gasteiger partial charge in [-0.05, 0) is 96.4 Å². The first-order valence-corrected chi connectivity index (χ1v) is 11.7. The molecule has 0 atom stereocenters. The molecule has 0 saturated carbocycles. The first-order chi connectivity index (χ1) is 18.0. The number of benzene rings is 5. The smallest absolute Gasteiger partial charge is 0.150 e. The van der Waals surface area contributed by atoms with Crippen molar-refractivity contribution in [2.75, 3.05) is 0 Å². The Kier molecular flexibility index (Phi) is 6.60. The van der Waals surface area contributed by atoms with E-state index >= 15 is 0 Å². The number of hydrogen-bond acceptors (Lipinski definition) is 5. The highest BCUT2D eigenvalue weighted by Crippen LogP contribution is 2.42. The van der Waals surface area contributed by atoms with Crippen molar-refractivity contribution in [1.29, 1.82) is 0 Å². The second-order valence-electron chi connectivity index (χ2n) is 8.55. The van der Waals surface area contributed by atoms with E-state index in [1.54, 1.807) is 48.5 Å². The Morgan fingerprint density at radius 2 is 0.973 bits per heavy atom. The summed E-state index contributed by atoms with van der Waals surface area (Å²) < 4.78 is 11.9. The quantitative estimate of drug-likeness (QED) is 0.226. The van der Waals surface area contributed by atoms with Crippen LogP contribution in [-0.4, -0.2) is 16.5 Å². The van der Waals surface area contributed by atoms with Crippen LogP contribution in [0.4, 0.5) is 0 Å². The number of phenolic OH excluding ortho intramolecular Hbond substituents is 2. The molecule has 0 aliphatic carbocycles. The van der Waals surface area contributed by atoms with Crippen molar-refractivity contribution in [3.05, 3.63) is 120 Å². The molecule has 2 N–H and O–H groups in total. The van der Waals surface area contributed by atoms with E-state index < -0.39 is 0 Å². The van der Waals surface area contributed by atoms with Gasteiger partial charge in [-0.3, -0.25) is 4.79 Å². The highest BCUT2D eigenvalue weighted by atomic mass is 16.5. The summed E-state index contributed by atoms with van der Waals surface area (Å²) in [5.41, 5.74) is 3.47. The van der Waals surface area contributed by atoms with Crippen LogP contribution in [0.3, 0.4) is 0 Å². The van der Waals surface area contributed by atoms with Gasteiger partial charge >= 0.3 is 0 Å². The Hall–Kier alpha value is -5.03. The van der Waals surface area contributed by atoms with Crippen LogP contribution in [0, 0.1) is 6.92 Å². The normalized spacial score (nSPS) is 10.6. The molecule has 0 aromatic heterocycles. The largest absolute Gasteiger partial charge is 0.507 e. The summed E-state index contributed by atoms with van der Waals surface area (Å²) in [6.07, 6.45) is 0.745. The van der Waals surface area contributed by atoms with Gasteiger partial charge in [-0.2, -0.15) is 0 Å². The molecule has 0 saturated heterocycles. The first-order valence-electron chi connectivity index (χ1n) is 11.7. The molecule has 5 aromatic carbocycles. The van der Waals surface area contributed by atoms with E-state index in [9.17, 15) is 15.0 Å². The van der Waals surface area contributed by atoms with Crippen LogP contribution in [-0.2, 0) is 0 Å². The van der Waals surface area contributed by atoms with Gasteiger partial charge in [0.15, 0.2) is 0 Å². The molecule has 5 heteroatoms. The molecule has 0 aliphatic heterocycles. The predicted octanol–water partition coefficient (Wildman–Crippen LogP) is 8.14. The number of carbonyl (C=O) groups is 1. The van der Waals surface area contributed by atoms with Gasteiger partial charge in [0.1, 0.15) is 40.8 Å². The Morgan fingerprint density at radius 1 is 0.541 bits per heavy atom. The molecule has 0 heterocycles. The Labute approximate surface area is 214 Å². The lowest BCUT2D eigenvalue weighted by Gasteiger charge is -2.17. The minimum absolute atomic E-state index is 0.0443. The molecule has 0 amide bonds. The van der Waals surface area contributed by atoms with Gasteiger partial charge in [-0.15, -0.1) is 0 Å². The predicted molar refractivity (Wildman–Crippen MR) is 144 cm³/mol. The first kappa shape index (κ1) is 23.7. The number of carbonyl (C=O) groups excluding carboxylic acids is 1. The van der Waals surface area contributed by atoms with Gasteiger partial charge in [-0.25, -0.2) is 0 Å². The molecule has 182 valence electrons. The second kappa shape index (κ2) is 10.3. The van der Waals surface area contributed by atoms with Crippen molar-refractivity contribution in [3.8, 4) is 56.8 Å². The minimum atomic E-state index is 0.0443. The number of ether oxygens (including phenoxy) is 2. The lowest BCUT2D eigenvalue weighted by Crippen LogP contribution is -1.95. The van der Waals surface area contributed by atoms with Gasteiger partial charge in [0.05, 0.1) is 0 Å². The van der Waals surface area contributed by atoms with Gasteiger partial charge in [0.25, 0.3) is 0 Å². The van der Waals surface area contributed by atoms with Gasteiger partial charge in [0.2, 0.25) is 0 Å². The molecule has 37 heavy (non-hydrogen) atoms. The molecule has 5 nitrogen and oxygen atoms in total. The van der Waals surface area contributed by atoms with Gasteiger partial charge < -0.3 is 19.7 Å². The van der Waals surface area contributed by atoms with E-state index in [2.05, 4.69) is 0 Å². The summed E-state index contributed by atoms with van der Waals surface area (Å²) in [4.78, 5) is 11.9. The van der Waals surface area contributed by atoms with Crippen molar-refractivity contribution in [2.24, 2.45) is 0 Å². The van der Waals surface area contributed by atoms with E-state index in [1.165, 1.54) is 0 Å². The molecule has 5 rings (SSSR count). The Morgan fingerprint density at radius 3 is 1.38 bits per heavy atom. The summed E-state index contributed by atoms with van der Waals surface area (Å²) >= 11 is 0. The molecule has 0 unspecified atom stereocenters. The summed E-state index contributed by atoms with van der Waals surface area (Å²) in [7, 11) is 0. The molecule has 0 aliphatic rings. The number of phenols is 2. The summed E-state index contributed by atoms with van der Waals surface area (Å²) in [6, 6.07) is 32.1.